The summed E-state index contributed by atoms with van der Waals surface area (Å²) >= 11 is 0. The topological polar surface area (TPSA) is 95.7 Å². The highest BCUT2D eigenvalue weighted by Gasteiger charge is 2.32. The van der Waals surface area contributed by atoms with Crippen LogP contribution in [-0.4, -0.2) is 24.9 Å². The third kappa shape index (κ3) is 1.81. The average molecular weight is 298 g/mol. The second-order valence-electron chi connectivity index (χ2n) is 6.14. The van der Waals surface area contributed by atoms with Gasteiger partial charge in [-0.1, -0.05) is 5.16 Å². The third-order valence-electron chi connectivity index (χ3n) is 4.14. The van der Waals surface area contributed by atoms with Gasteiger partial charge in [0.25, 0.3) is 0 Å². The van der Waals surface area contributed by atoms with Crippen molar-refractivity contribution in [2.24, 2.45) is 0 Å². The van der Waals surface area contributed by atoms with E-state index < -0.39 is 0 Å². The Morgan fingerprint density at radius 2 is 2.05 bits per heavy atom. The van der Waals surface area contributed by atoms with Crippen molar-refractivity contribution in [3.05, 3.63) is 17.7 Å². The van der Waals surface area contributed by atoms with E-state index in [-0.39, 0.29) is 6.04 Å². The minimum Gasteiger partial charge on any atom is -0.383 e. The zero-order chi connectivity index (χ0) is 15.4. The van der Waals surface area contributed by atoms with Gasteiger partial charge in [-0.05, 0) is 33.6 Å². The lowest BCUT2D eigenvalue weighted by Gasteiger charge is -2.05. The van der Waals surface area contributed by atoms with Crippen LogP contribution in [0, 0.1) is 6.92 Å². The molecule has 0 amide bonds. The summed E-state index contributed by atoms with van der Waals surface area (Å²) in [4.78, 5) is 8.45. The molecule has 7 heteroatoms. The SMILES string of the molecule is Cc1c(-c2nn(C(C)C)c3ncnc(N)c23)noc1C1CC1. The average Bonchev–Trinajstić information content (AvgIpc) is 3.13. The van der Waals surface area contributed by atoms with Gasteiger partial charge in [-0.3, -0.25) is 0 Å². The number of nitrogens with zero attached hydrogens (tertiary/aromatic N) is 5. The largest absolute Gasteiger partial charge is 0.383 e. The number of nitrogens with two attached hydrogens (primary N) is 1. The lowest BCUT2D eigenvalue weighted by Crippen LogP contribution is -2.04. The first kappa shape index (κ1) is 13.2. The third-order valence-corrected chi connectivity index (χ3v) is 4.14. The first-order valence-corrected chi connectivity index (χ1v) is 7.53. The van der Waals surface area contributed by atoms with Gasteiger partial charge in [-0.25, -0.2) is 14.6 Å². The van der Waals surface area contributed by atoms with Crippen LogP contribution in [0.25, 0.3) is 22.4 Å². The van der Waals surface area contributed by atoms with Crippen molar-refractivity contribution in [2.45, 2.75) is 45.6 Å². The first-order valence-electron chi connectivity index (χ1n) is 7.53. The summed E-state index contributed by atoms with van der Waals surface area (Å²) in [5.41, 5.74) is 9.29. The number of hydrogen-bond acceptors (Lipinski definition) is 6. The zero-order valence-electron chi connectivity index (χ0n) is 12.9. The van der Waals surface area contributed by atoms with Crippen molar-refractivity contribution >= 4 is 16.9 Å². The molecule has 3 aromatic rings. The maximum absolute atomic E-state index is 6.07. The molecule has 0 aromatic carbocycles. The predicted octanol–water partition coefficient (Wildman–Crippen LogP) is 2.83. The Bertz CT molecular complexity index is 858. The highest BCUT2D eigenvalue weighted by atomic mass is 16.5. The van der Waals surface area contributed by atoms with E-state index in [4.69, 9.17) is 10.3 Å². The van der Waals surface area contributed by atoms with E-state index in [1.165, 1.54) is 19.2 Å². The molecule has 7 nitrogen and oxygen atoms in total. The van der Waals surface area contributed by atoms with Gasteiger partial charge in [-0.2, -0.15) is 5.10 Å². The molecule has 4 rings (SSSR count). The molecule has 114 valence electrons. The van der Waals surface area contributed by atoms with Crippen LogP contribution < -0.4 is 5.73 Å². The van der Waals surface area contributed by atoms with Crippen LogP contribution in [0.3, 0.4) is 0 Å². The molecule has 1 fully saturated rings. The molecule has 0 aliphatic heterocycles. The first-order chi connectivity index (χ1) is 10.6. The molecule has 1 aliphatic carbocycles. The van der Waals surface area contributed by atoms with Gasteiger partial charge in [0.05, 0.1) is 5.39 Å². The van der Waals surface area contributed by atoms with Gasteiger partial charge in [0, 0.05) is 17.5 Å². The number of aromatic nitrogens is 5. The van der Waals surface area contributed by atoms with Gasteiger partial charge in [0.2, 0.25) is 0 Å². The lowest BCUT2D eigenvalue weighted by molar-refractivity contribution is 0.385. The van der Waals surface area contributed by atoms with Crippen molar-refractivity contribution < 1.29 is 4.52 Å². The maximum atomic E-state index is 6.07. The van der Waals surface area contributed by atoms with E-state index >= 15 is 0 Å². The van der Waals surface area contributed by atoms with E-state index in [0.29, 0.717) is 17.4 Å². The normalized spacial score (nSPS) is 15.1. The number of rotatable bonds is 3. The fourth-order valence-corrected chi connectivity index (χ4v) is 2.82. The van der Waals surface area contributed by atoms with Crippen LogP contribution in [0.1, 0.15) is 50.0 Å². The monoisotopic (exact) mass is 298 g/mol. The quantitative estimate of drug-likeness (QED) is 0.798. The molecule has 0 bridgehead atoms. The fraction of sp³-hybridized carbons (Fsp3) is 0.467. The Morgan fingerprint density at radius 3 is 2.73 bits per heavy atom. The van der Waals surface area contributed by atoms with Gasteiger partial charge >= 0.3 is 0 Å². The number of anilines is 1. The summed E-state index contributed by atoms with van der Waals surface area (Å²) in [5, 5.41) is 9.68. The van der Waals surface area contributed by atoms with Gasteiger partial charge < -0.3 is 10.3 Å². The summed E-state index contributed by atoms with van der Waals surface area (Å²) < 4.78 is 7.41. The molecular weight excluding hydrogens is 280 g/mol. The molecular formula is C15H18N6O. The zero-order valence-corrected chi connectivity index (χ0v) is 12.9. The van der Waals surface area contributed by atoms with Crippen LogP contribution in [-0.2, 0) is 0 Å². The molecule has 0 unspecified atom stereocenters. The molecule has 1 saturated carbocycles. The molecule has 0 atom stereocenters. The van der Waals surface area contributed by atoms with Crippen molar-refractivity contribution in [2.75, 3.05) is 5.73 Å². The Morgan fingerprint density at radius 1 is 1.27 bits per heavy atom. The Hall–Kier alpha value is -2.44. The predicted molar refractivity (Wildman–Crippen MR) is 82.3 cm³/mol. The van der Waals surface area contributed by atoms with Crippen LogP contribution in [0.2, 0.25) is 0 Å². The summed E-state index contributed by atoms with van der Waals surface area (Å²) in [6.45, 7) is 6.14. The summed E-state index contributed by atoms with van der Waals surface area (Å²) in [6, 6.07) is 0.167. The van der Waals surface area contributed by atoms with Crippen molar-refractivity contribution in [1.82, 2.24) is 24.9 Å². The highest BCUT2D eigenvalue weighted by Crippen LogP contribution is 2.44. The summed E-state index contributed by atoms with van der Waals surface area (Å²) in [5.74, 6) is 1.90. The van der Waals surface area contributed by atoms with E-state index in [9.17, 15) is 0 Å². The van der Waals surface area contributed by atoms with Crippen molar-refractivity contribution in [3.8, 4) is 11.4 Å². The van der Waals surface area contributed by atoms with E-state index in [2.05, 4.69) is 34.1 Å². The van der Waals surface area contributed by atoms with Gasteiger partial charge in [0.1, 0.15) is 29.3 Å². The molecule has 2 N–H and O–H groups in total. The fourth-order valence-electron chi connectivity index (χ4n) is 2.82. The number of fused-ring (bicyclic) bond motifs is 1. The van der Waals surface area contributed by atoms with Crippen LogP contribution in [0.5, 0.6) is 0 Å². The molecule has 0 spiro atoms. The minimum absolute atomic E-state index is 0.167. The second kappa shape index (κ2) is 4.53. The smallest absolute Gasteiger partial charge is 0.164 e. The molecule has 1 aliphatic rings. The van der Waals surface area contributed by atoms with Crippen LogP contribution in [0.4, 0.5) is 5.82 Å². The van der Waals surface area contributed by atoms with E-state index in [1.54, 1.807) is 0 Å². The minimum atomic E-state index is 0.167. The maximum Gasteiger partial charge on any atom is 0.164 e. The molecule has 3 aromatic heterocycles. The Balaban J connectivity index is 1.98. The number of hydrogen-bond donors (Lipinski definition) is 1. The molecule has 3 heterocycles. The van der Waals surface area contributed by atoms with Crippen LogP contribution >= 0.6 is 0 Å². The Kier molecular flexibility index (Phi) is 2.72. The lowest BCUT2D eigenvalue weighted by atomic mass is 10.1. The highest BCUT2D eigenvalue weighted by molar-refractivity contribution is 5.98. The number of nitrogen functional groups attached to an aromatic ring is 1. The van der Waals surface area contributed by atoms with Crippen LogP contribution in [0.15, 0.2) is 10.9 Å². The standard InChI is InChI=1S/C15H18N6O/c1-7(2)21-15-10(14(16)17-6-18-15)12(19-21)11-8(3)13(22-20-11)9-4-5-9/h6-7,9H,4-5H2,1-3H3,(H2,16,17,18). The van der Waals surface area contributed by atoms with Crippen molar-refractivity contribution in [3.63, 3.8) is 0 Å². The van der Waals surface area contributed by atoms with E-state index in [1.807, 2.05) is 11.6 Å². The summed E-state index contributed by atoms with van der Waals surface area (Å²) in [7, 11) is 0. The van der Waals surface area contributed by atoms with Crippen molar-refractivity contribution in [1.29, 1.82) is 0 Å². The van der Waals surface area contributed by atoms with E-state index in [0.717, 1.165) is 28.1 Å². The molecule has 0 radical (unpaired) electrons. The summed E-state index contributed by atoms with van der Waals surface area (Å²) in [6.07, 6.45) is 3.80. The Labute approximate surface area is 127 Å². The molecule has 22 heavy (non-hydrogen) atoms. The molecule has 0 saturated heterocycles. The van der Waals surface area contributed by atoms with Gasteiger partial charge in [0.15, 0.2) is 5.65 Å². The second-order valence-corrected chi connectivity index (χ2v) is 6.14. The van der Waals surface area contributed by atoms with Gasteiger partial charge in [-0.15, -0.1) is 0 Å².